The Hall–Kier alpha value is -1.35. The molecule has 0 bridgehead atoms. The number of carbonyl (C=O) groups excluding carboxylic acids is 1. The summed E-state index contributed by atoms with van der Waals surface area (Å²) in [6, 6.07) is 8.43. The van der Waals surface area contributed by atoms with E-state index in [4.69, 9.17) is 10.5 Å². The van der Waals surface area contributed by atoms with Crippen LogP contribution in [0.2, 0.25) is 0 Å². The first-order valence-electron chi connectivity index (χ1n) is 7.05. The summed E-state index contributed by atoms with van der Waals surface area (Å²) >= 11 is 0. The minimum absolute atomic E-state index is 0.00404. The summed E-state index contributed by atoms with van der Waals surface area (Å²) in [5.41, 5.74) is 8.58. The van der Waals surface area contributed by atoms with E-state index in [1.807, 2.05) is 6.92 Å². The first-order chi connectivity index (χ1) is 9.04. The van der Waals surface area contributed by atoms with Crippen molar-refractivity contribution in [2.45, 2.75) is 52.0 Å². The topological polar surface area (TPSA) is 52.3 Å². The predicted molar refractivity (Wildman–Crippen MR) is 77.9 cm³/mol. The second-order valence-corrected chi connectivity index (χ2v) is 5.13. The van der Waals surface area contributed by atoms with Gasteiger partial charge in [-0.2, -0.15) is 0 Å². The molecule has 1 aromatic rings. The molecule has 106 valence electrons. The van der Waals surface area contributed by atoms with Crippen LogP contribution in [0.25, 0.3) is 0 Å². The molecule has 0 aliphatic rings. The van der Waals surface area contributed by atoms with Crippen LogP contribution in [0.5, 0.6) is 0 Å². The van der Waals surface area contributed by atoms with Crippen molar-refractivity contribution in [1.82, 2.24) is 0 Å². The van der Waals surface area contributed by atoms with Crippen molar-refractivity contribution in [3.05, 3.63) is 35.4 Å². The van der Waals surface area contributed by atoms with Gasteiger partial charge in [0.1, 0.15) is 0 Å². The Balaban J connectivity index is 2.40. The van der Waals surface area contributed by atoms with E-state index in [1.54, 1.807) is 0 Å². The van der Waals surface area contributed by atoms with Gasteiger partial charge in [-0.15, -0.1) is 0 Å². The van der Waals surface area contributed by atoms with Crippen LogP contribution >= 0.6 is 0 Å². The monoisotopic (exact) mass is 263 g/mol. The molecular weight excluding hydrogens is 238 g/mol. The van der Waals surface area contributed by atoms with Crippen LogP contribution in [0.3, 0.4) is 0 Å². The Labute approximate surface area is 116 Å². The molecule has 0 heterocycles. The van der Waals surface area contributed by atoms with Gasteiger partial charge in [0.05, 0.1) is 6.61 Å². The van der Waals surface area contributed by atoms with Gasteiger partial charge in [-0.3, -0.25) is 4.79 Å². The van der Waals surface area contributed by atoms with Crippen LogP contribution in [-0.4, -0.2) is 12.6 Å². The summed E-state index contributed by atoms with van der Waals surface area (Å²) in [4.78, 5) is 11.2. The molecule has 19 heavy (non-hydrogen) atoms. The lowest BCUT2D eigenvalue weighted by molar-refractivity contribution is -0.143. The number of carbonyl (C=O) groups is 1. The zero-order valence-corrected chi connectivity index (χ0v) is 12.2. The summed E-state index contributed by atoms with van der Waals surface area (Å²) in [6.45, 7) is 6.62. The zero-order valence-electron chi connectivity index (χ0n) is 12.2. The van der Waals surface area contributed by atoms with Gasteiger partial charge in [0.25, 0.3) is 0 Å². The Morgan fingerprint density at radius 2 is 1.79 bits per heavy atom. The average Bonchev–Trinajstić information content (AvgIpc) is 2.39. The SMILES string of the molecule is CCOC(=O)CCCC(N)c1ccc(C(C)C)cc1. The Morgan fingerprint density at radius 3 is 2.32 bits per heavy atom. The van der Waals surface area contributed by atoms with Gasteiger partial charge < -0.3 is 10.5 Å². The molecule has 0 saturated carbocycles. The molecule has 0 radical (unpaired) electrons. The molecule has 1 unspecified atom stereocenters. The highest BCUT2D eigenvalue weighted by Gasteiger charge is 2.08. The van der Waals surface area contributed by atoms with E-state index in [-0.39, 0.29) is 12.0 Å². The number of benzene rings is 1. The van der Waals surface area contributed by atoms with Gasteiger partial charge in [-0.05, 0) is 36.8 Å². The maximum Gasteiger partial charge on any atom is 0.305 e. The molecule has 0 fully saturated rings. The summed E-state index contributed by atoms with van der Waals surface area (Å²) < 4.78 is 4.89. The van der Waals surface area contributed by atoms with Gasteiger partial charge in [0.2, 0.25) is 0 Å². The van der Waals surface area contributed by atoms with Crippen LogP contribution in [-0.2, 0) is 9.53 Å². The summed E-state index contributed by atoms with van der Waals surface area (Å²) in [5, 5.41) is 0. The van der Waals surface area contributed by atoms with E-state index in [9.17, 15) is 4.79 Å². The lowest BCUT2D eigenvalue weighted by atomic mass is 9.97. The van der Waals surface area contributed by atoms with Crippen LogP contribution in [0, 0.1) is 0 Å². The molecule has 3 nitrogen and oxygen atoms in total. The minimum atomic E-state index is -0.134. The molecule has 1 rings (SSSR count). The van der Waals surface area contributed by atoms with E-state index in [1.165, 1.54) is 5.56 Å². The van der Waals surface area contributed by atoms with Crippen molar-refractivity contribution in [2.24, 2.45) is 5.73 Å². The van der Waals surface area contributed by atoms with Crippen molar-refractivity contribution in [3.8, 4) is 0 Å². The molecule has 0 spiro atoms. The van der Waals surface area contributed by atoms with Crippen LogP contribution in [0.15, 0.2) is 24.3 Å². The molecule has 0 saturated heterocycles. The lowest BCUT2D eigenvalue weighted by Gasteiger charge is -2.13. The van der Waals surface area contributed by atoms with Crippen molar-refractivity contribution in [2.75, 3.05) is 6.61 Å². The van der Waals surface area contributed by atoms with Gasteiger partial charge in [0, 0.05) is 12.5 Å². The number of hydrogen-bond donors (Lipinski definition) is 1. The molecule has 0 aromatic heterocycles. The van der Waals surface area contributed by atoms with Gasteiger partial charge in [-0.1, -0.05) is 38.1 Å². The first kappa shape index (κ1) is 15.7. The molecule has 0 amide bonds. The number of ether oxygens (including phenoxy) is 1. The Bertz CT molecular complexity index is 384. The maximum atomic E-state index is 11.2. The van der Waals surface area contributed by atoms with E-state index in [0.717, 1.165) is 18.4 Å². The number of nitrogens with two attached hydrogens (primary N) is 1. The standard InChI is InChI=1S/C16H25NO2/c1-4-19-16(18)7-5-6-15(17)14-10-8-13(9-11-14)12(2)3/h8-12,15H,4-7,17H2,1-3H3. The van der Waals surface area contributed by atoms with E-state index >= 15 is 0 Å². The second kappa shape index (κ2) is 7.95. The van der Waals surface area contributed by atoms with Crippen LogP contribution in [0.1, 0.15) is 63.1 Å². The van der Waals surface area contributed by atoms with Crippen LogP contribution in [0.4, 0.5) is 0 Å². The predicted octanol–water partition coefficient (Wildman–Crippen LogP) is 3.54. The molecular formula is C16H25NO2. The minimum Gasteiger partial charge on any atom is -0.466 e. The fraction of sp³-hybridized carbons (Fsp3) is 0.562. The highest BCUT2D eigenvalue weighted by atomic mass is 16.5. The molecule has 1 aromatic carbocycles. The Morgan fingerprint density at radius 1 is 1.21 bits per heavy atom. The molecule has 3 heteroatoms. The maximum absolute atomic E-state index is 11.2. The van der Waals surface area contributed by atoms with Crippen molar-refractivity contribution < 1.29 is 9.53 Å². The molecule has 1 atom stereocenters. The highest BCUT2D eigenvalue weighted by Crippen LogP contribution is 2.20. The smallest absolute Gasteiger partial charge is 0.305 e. The zero-order chi connectivity index (χ0) is 14.3. The van der Waals surface area contributed by atoms with Crippen molar-refractivity contribution in [3.63, 3.8) is 0 Å². The average molecular weight is 263 g/mol. The van der Waals surface area contributed by atoms with E-state index in [0.29, 0.717) is 18.9 Å². The fourth-order valence-corrected chi connectivity index (χ4v) is 1.99. The normalized spacial score (nSPS) is 12.5. The third-order valence-electron chi connectivity index (χ3n) is 3.23. The van der Waals surface area contributed by atoms with Crippen molar-refractivity contribution >= 4 is 5.97 Å². The first-order valence-corrected chi connectivity index (χ1v) is 7.05. The van der Waals surface area contributed by atoms with Crippen molar-refractivity contribution in [1.29, 1.82) is 0 Å². The lowest BCUT2D eigenvalue weighted by Crippen LogP contribution is -2.11. The quantitative estimate of drug-likeness (QED) is 0.765. The number of esters is 1. The summed E-state index contributed by atoms with van der Waals surface area (Å²) in [6.07, 6.45) is 2.03. The molecule has 2 N–H and O–H groups in total. The third kappa shape index (κ3) is 5.43. The number of rotatable bonds is 7. The fourth-order valence-electron chi connectivity index (χ4n) is 1.99. The third-order valence-corrected chi connectivity index (χ3v) is 3.23. The Kier molecular flexibility index (Phi) is 6.57. The molecule has 0 aliphatic heterocycles. The number of hydrogen-bond acceptors (Lipinski definition) is 3. The van der Waals surface area contributed by atoms with Gasteiger partial charge in [-0.25, -0.2) is 0 Å². The van der Waals surface area contributed by atoms with Gasteiger partial charge in [0.15, 0.2) is 0 Å². The van der Waals surface area contributed by atoms with Gasteiger partial charge >= 0.3 is 5.97 Å². The van der Waals surface area contributed by atoms with Crippen LogP contribution < -0.4 is 5.73 Å². The molecule has 0 aliphatic carbocycles. The van der Waals surface area contributed by atoms with E-state index in [2.05, 4.69) is 38.1 Å². The summed E-state index contributed by atoms with van der Waals surface area (Å²) in [7, 11) is 0. The highest BCUT2D eigenvalue weighted by molar-refractivity contribution is 5.69. The largest absolute Gasteiger partial charge is 0.466 e. The second-order valence-electron chi connectivity index (χ2n) is 5.13. The summed E-state index contributed by atoms with van der Waals surface area (Å²) in [5.74, 6) is 0.402. The van der Waals surface area contributed by atoms with E-state index < -0.39 is 0 Å².